The van der Waals surface area contributed by atoms with Crippen LogP contribution in [0.4, 0.5) is 0 Å². The van der Waals surface area contributed by atoms with Crippen LogP contribution in [0.2, 0.25) is 0 Å². The van der Waals surface area contributed by atoms with E-state index < -0.39 is 0 Å². The SMILES string of the molecule is CC(C)(C)c1cccc(OC2CCNCC2)c1.Cl. The number of hydrogen-bond donors (Lipinski definition) is 1. The molecule has 18 heavy (non-hydrogen) atoms. The molecule has 102 valence electrons. The number of rotatable bonds is 2. The molecule has 1 N–H and O–H groups in total. The first-order chi connectivity index (χ1) is 8.05. The van der Waals surface area contributed by atoms with Crippen molar-refractivity contribution in [1.82, 2.24) is 5.32 Å². The zero-order valence-electron chi connectivity index (χ0n) is 11.5. The Morgan fingerprint density at radius 3 is 2.44 bits per heavy atom. The Kier molecular flexibility index (Phi) is 5.48. The standard InChI is InChI=1S/C15H23NO.ClH/c1-15(2,3)12-5-4-6-14(11-12)17-13-7-9-16-10-8-13;/h4-6,11,13,16H,7-10H2,1-3H3;1H. The normalized spacial score (nSPS) is 17.1. The fourth-order valence-electron chi connectivity index (χ4n) is 2.14. The summed E-state index contributed by atoms with van der Waals surface area (Å²) in [7, 11) is 0. The lowest BCUT2D eigenvalue weighted by atomic mass is 9.87. The Morgan fingerprint density at radius 1 is 1.17 bits per heavy atom. The minimum Gasteiger partial charge on any atom is -0.490 e. The van der Waals surface area contributed by atoms with Gasteiger partial charge in [0.25, 0.3) is 0 Å². The van der Waals surface area contributed by atoms with Gasteiger partial charge in [-0.05, 0) is 49.0 Å². The van der Waals surface area contributed by atoms with Gasteiger partial charge in [0.1, 0.15) is 11.9 Å². The molecule has 1 aromatic carbocycles. The maximum Gasteiger partial charge on any atom is 0.120 e. The van der Waals surface area contributed by atoms with Crippen LogP contribution in [0.1, 0.15) is 39.2 Å². The van der Waals surface area contributed by atoms with Gasteiger partial charge >= 0.3 is 0 Å². The Labute approximate surface area is 117 Å². The summed E-state index contributed by atoms with van der Waals surface area (Å²) in [4.78, 5) is 0. The smallest absolute Gasteiger partial charge is 0.120 e. The van der Waals surface area contributed by atoms with E-state index in [1.807, 2.05) is 0 Å². The van der Waals surface area contributed by atoms with E-state index in [4.69, 9.17) is 4.74 Å². The second kappa shape index (κ2) is 6.44. The first-order valence-corrected chi connectivity index (χ1v) is 6.53. The molecule has 1 heterocycles. The van der Waals surface area contributed by atoms with Gasteiger partial charge in [0.2, 0.25) is 0 Å². The average molecular weight is 270 g/mol. The maximum absolute atomic E-state index is 6.05. The van der Waals surface area contributed by atoms with Crippen LogP contribution in [0.5, 0.6) is 5.75 Å². The number of hydrogen-bond acceptors (Lipinski definition) is 2. The summed E-state index contributed by atoms with van der Waals surface area (Å²) < 4.78 is 6.05. The zero-order chi connectivity index (χ0) is 12.3. The minimum atomic E-state index is 0. The third kappa shape index (κ3) is 4.18. The Morgan fingerprint density at radius 2 is 1.83 bits per heavy atom. The molecular weight excluding hydrogens is 246 g/mol. The van der Waals surface area contributed by atoms with Gasteiger partial charge in [-0.3, -0.25) is 0 Å². The van der Waals surface area contributed by atoms with Gasteiger partial charge in [-0.1, -0.05) is 32.9 Å². The van der Waals surface area contributed by atoms with Gasteiger partial charge in [-0.25, -0.2) is 0 Å². The second-order valence-electron chi connectivity index (χ2n) is 5.85. The van der Waals surface area contributed by atoms with E-state index in [2.05, 4.69) is 50.4 Å². The molecule has 1 saturated heterocycles. The first kappa shape index (κ1) is 15.3. The second-order valence-corrected chi connectivity index (χ2v) is 5.85. The zero-order valence-corrected chi connectivity index (χ0v) is 12.3. The molecule has 0 radical (unpaired) electrons. The van der Waals surface area contributed by atoms with Crippen LogP contribution >= 0.6 is 12.4 Å². The number of ether oxygens (including phenoxy) is 1. The Hall–Kier alpha value is -0.730. The van der Waals surface area contributed by atoms with Crippen molar-refractivity contribution < 1.29 is 4.74 Å². The van der Waals surface area contributed by atoms with E-state index in [-0.39, 0.29) is 17.8 Å². The van der Waals surface area contributed by atoms with Gasteiger partial charge in [0.15, 0.2) is 0 Å². The molecule has 1 aromatic rings. The molecule has 1 aliphatic heterocycles. The van der Waals surface area contributed by atoms with Crippen LogP contribution in [0.15, 0.2) is 24.3 Å². The minimum absolute atomic E-state index is 0. The summed E-state index contributed by atoms with van der Waals surface area (Å²) in [6.07, 6.45) is 2.60. The van der Waals surface area contributed by atoms with E-state index in [1.165, 1.54) is 5.56 Å². The molecule has 0 aliphatic carbocycles. The lowest BCUT2D eigenvalue weighted by Gasteiger charge is -2.25. The van der Waals surface area contributed by atoms with E-state index in [0.717, 1.165) is 31.7 Å². The predicted octanol–water partition coefficient (Wildman–Crippen LogP) is 3.54. The van der Waals surface area contributed by atoms with E-state index in [9.17, 15) is 0 Å². The third-order valence-electron chi connectivity index (χ3n) is 3.29. The highest BCUT2D eigenvalue weighted by Crippen LogP contribution is 2.26. The van der Waals surface area contributed by atoms with Crippen molar-refractivity contribution in [3.8, 4) is 5.75 Å². The molecular formula is C15H24ClNO. The molecule has 0 amide bonds. The summed E-state index contributed by atoms with van der Waals surface area (Å²) >= 11 is 0. The highest BCUT2D eigenvalue weighted by molar-refractivity contribution is 5.85. The van der Waals surface area contributed by atoms with Gasteiger partial charge in [-0.2, -0.15) is 0 Å². The molecule has 2 nitrogen and oxygen atoms in total. The van der Waals surface area contributed by atoms with Crippen LogP contribution in [-0.2, 0) is 5.41 Å². The third-order valence-corrected chi connectivity index (χ3v) is 3.29. The molecule has 0 saturated carbocycles. The van der Waals surface area contributed by atoms with Crippen LogP contribution in [0, 0.1) is 0 Å². The Bertz CT molecular complexity index is 367. The van der Waals surface area contributed by atoms with Crippen LogP contribution in [0.3, 0.4) is 0 Å². The maximum atomic E-state index is 6.05. The fourth-order valence-corrected chi connectivity index (χ4v) is 2.14. The average Bonchev–Trinajstić information content (AvgIpc) is 2.29. The number of piperidine rings is 1. The molecule has 2 rings (SSSR count). The van der Waals surface area contributed by atoms with Crippen molar-refractivity contribution in [2.45, 2.75) is 45.1 Å². The molecule has 1 fully saturated rings. The number of nitrogens with one attached hydrogen (secondary N) is 1. The summed E-state index contributed by atoms with van der Waals surface area (Å²) in [5, 5.41) is 3.36. The predicted molar refractivity (Wildman–Crippen MR) is 78.9 cm³/mol. The summed E-state index contributed by atoms with van der Waals surface area (Å²) in [5.74, 6) is 1.02. The number of benzene rings is 1. The summed E-state index contributed by atoms with van der Waals surface area (Å²) in [6, 6.07) is 8.52. The van der Waals surface area contributed by atoms with Crippen LogP contribution in [0.25, 0.3) is 0 Å². The molecule has 0 bridgehead atoms. The van der Waals surface area contributed by atoms with Gasteiger partial charge < -0.3 is 10.1 Å². The molecule has 0 unspecified atom stereocenters. The van der Waals surface area contributed by atoms with E-state index in [0.29, 0.717) is 6.10 Å². The highest BCUT2D eigenvalue weighted by atomic mass is 35.5. The largest absolute Gasteiger partial charge is 0.490 e. The van der Waals surface area contributed by atoms with Gasteiger partial charge in [0.05, 0.1) is 0 Å². The van der Waals surface area contributed by atoms with Crippen molar-refractivity contribution >= 4 is 12.4 Å². The lowest BCUT2D eigenvalue weighted by molar-refractivity contribution is 0.162. The van der Waals surface area contributed by atoms with Crippen molar-refractivity contribution in [3.63, 3.8) is 0 Å². The Balaban J connectivity index is 0.00000162. The summed E-state index contributed by atoms with van der Waals surface area (Å²) in [6.45, 7) is 8.84. The van der Waals surface area contributed by atoms with Crippen LogP contribution in [-0.4, -0.2) is 19.2 Å². The molecule has 0 atom stereocenters. The topological polar surface area (TPSA) is 21.3 Å². The van der Waals surface area contributed by atoms with E-state index >= 15 is 0 Å². The quantitative estimate of drug-likeness (QED) is 0.887. The lowest BCUT2D eigenvalue weighted by Crippen LogP contribution is -2.34. The van der Waals surface area contributed by atoms with Gasteiger partial charge in [-0.15, -0.1) is 12.4 Å². The van der Waals surface area contributed by atoms with Crippen molar-refractivity contribution in [2.24, 2.45) is 0 Å². The number of halogens is 1. The fraction of sp³-hybridized carbons (Fsp3) is 0.600. The van der Waals surface area contributed by atoms with E-state index in [1.54, 1.807) is 0 Å². The van der Waals surface area contributed by atoms with Crippen LogP contribution < -0.4 is 10.1 Å². The van der Waals surface area contributed by atoms with Crippen molar-refractivity contribution in [1.29, 1.82) is 0 Å². The monoisotopic (exact) mass is 269 g/mol. The highest BCUT2D eigenvalue weighted by Gasteiger charge is 2.17. The van der Waals surface area contributed by atoms with Gasteiger partial charge in [0, 0.05) is 0 Å². The molecule has 3 heteroatoms. The molecule has 1 aliphatic rings. The van der Waals surface area contributed by atoms with Crippen molar-refractivity contribution in [2.75, 3.05) is 13.1 Å². The molecule has 0 aromatic heterocycles. The summed E-state index contributed by atoms with van der Waals surface area (Å²) in [5.41, 5.74) is 1.52. The first-order valence-electron chi connectivity index (χ1n) is 6.53. The molecule has 0 spiro atoms. The van der Waals surface area contributed by atoms with Crippen molar-refractivity contribution in [3.05, 3.63) is 29.8 Å².